The SMILES string of the molecule is NC(=O)c1ccc(CNCCCOCCO)cc1. The van der Waals surface area contributed by atoms with E-state index < -0.39 is 5.91 Å². The molecule has 0 aliphatic carbocycles. The summed E-state index contributed by atoms with van der Waals surface area (Å²) in [5.41, 5.74) is 6.79. The summed E-state index contributed by atoms with van der Waals surface area (Å²) in [4.78, 5) is 10.9. The van der Waals surface area contributed by atoms with Gasteiger partial charge in [0.1, 0.15) is 0 Å². The lowest BCUT2D eigenvalue weighted by Crippen LogP contribution is -2.17. The second kappa shape index (κ2) is 8.63. The maximum Gasteiger partial charge on any atom is 0.248 e. The van der Waals surface area contributed by atoms with Crippen molar-refractivity contribution in [1.29, 1.82) is 0 Å². The first-order chi connectivity index (χ1) is 8.74. The maximum atomic E-state index is 10.9. The van der Waals surface area contributed by atoms with Crippen molar-refractivity contribution in [2.24, 2.45) is 5.73 Å². The third-order valence-corrected chi connectivity index (χ3v) is 2.45. The minimum atomic E-state index is -0.407. The lowest BCUT2D eigenvalue weighted by Gasteiger charge is -2.06. The molecular weight excluding hydrogens is 232 g/mol. The van der Waals surface area contributed by atoms with Crippen LogP contribution < -0.4 is 11.1 Å². The van der Waals surface area contributed by atoms with E-state index in [9.17, 15) is 4.79 Å². The van der Waals surface area contributed by atoms with Crippen LogP contribution in [0.5, 0.6) is 0 Å². The maximum absolute atomic E-state index is 10.9. The number of nitrogens with two attached hydrogens (primary N) is 1. The Bertz CT molecular complexity index is 352. The van der Waals surface area contributed by atoms with Gasteiger partial charge in [0.05, 0.1) is 13.2 Å². The third-order valence-electron chi connectivity index (χ3n) is 2.45. The van der Waals surface area contributed by atoms with Gasteiger partial charge in [-0.05, 0) is 30.7 Å². The molecule has 4 N–H and O–H groups in total. The molecule has 5 heteroatoms. The van der Waals surface area contributed by atoms with Crippen LogP contribution in [0, 0.1) is 0 Å². The first-order valence-electron chi connectivity index (χ1n) is 6.02. The van der Waals surface area contributed by atoms with Gasteiger partial charge in [-0.25, -0.2) is 0 Å². The molecule has 18 heavy (non-hydrogen) atoms. The molecule has 0 fully saturated rings. The minimum Gasteiger partial charge on any atom is -0.394 e. The standard InChI is InChI=1S/C13H20N2O3/c14-13(17)12-4-2-11(3-5-12)10-15-6-1-8-18-9-7-16/h2-5,15-16H,1,6-10H2,(H2,14,17). The van der Waals surface area contributed by atoms with Gasteiger partial charge in [-0.1, -0.05) is 12.1 Å². The molecule has 1 rings (SSSR count). The van der Waals surface area contributed by atoms with Gasteiger partial charge in [0.15, 0.2) is 0 Å². The van der Waals surface area contributed by atoms with Crippen molar-refractivity contribution < 1.29 is 14.6 Å². The van der Waals surface area contributed by atoms with Crippen molar-refractivity contribution in [3.05, 3.63) is 35.4 Å². The second-order valence-corrected chi connectivity index (χ2v) is 3.93. The molecule has 0 saturated heterocycles. The van der Waals surface area contributed by atoms with Crippen molar-refractivity contribution in [3.8, 4) is 0 Å². The Morgan fingerprint density at radius 3 is 2.61 bits per heavy atom. The quantitative estimate of drug-likeness (QED) is 0.551. The summed E-state index contributed by atoms with van der Waals surface area (Å²) in [6.07, 6.45) is 0.902. The van der Waals surface area contributed by atoms with Crippen LogP contribution in [0.25, 0.3) is 0 Å². The number of carbonyl (C=O) groups excluding carboxylic acids is 1. The Labute approximate surface area is 107 Å². The molecule has 1 aromatic carbocycles. The molecule has 0 aliphatic rings. The number of nitrogens with one attached hydrogen (secondary N) is 1. The number of hydrogen-bond acceptors (Lipinski definition) is 4. The van der Waals surface area contributed by atoms with Crippen LogP contribution in [-0.4, -0.2) is 37.4 Å². The highest BCUT2D eigenvalue weighted by molar-refractivity contribution is 5.92. The Balaban J connectivity index is 2.14. The fraction of sp³-hybridized carbons (Fsp3) is 0.462. The minimum absolute atomic E-state index is 0.0691. The molecule has 100 valence electrons. The van der Waals surface area contributed by atoms with Crippen molar-refractivity contribution in [1.82, 2.24) is 5.32 Å². The van der Waals surface area contributed by atoms with Crippen LogP contribution in [0.15, 0.2) is 24.3 Å². The topological polar surface area (TPSA) is 84.6 Å². The molecule has 0 aliphatic heterocycles. The zero-order valence-corrected chi connectivity index (χ0v) is 10.4. The highest BCUT2D eigenvalue weighted by atomic mass is 16.5. The van der Waals surface area contributed by atoms with E-state index in [0.29, 0.717) is 18.8 Å². The monoisotopic (exact) mass is 252 g/mol. The Morgan fingerprint density at radius 1 is 1.28 bits per heavy atom. The Morgan fingerprint density at radius 2 is 2.00 bits per heavy atom. The van der Waals surface area contributed by atoms with Gasteiger partial charge < -0.3 is 20.9 Å². The zero-order chi connectivity index (χ0) is 13.2. The van der Waals surface area contributed by atoms with Crippen LogP contribution in [0.1, 0.15) is 22.3 Å². The van der Waals surface area contributed by atoms with Crippen molar-refractivity contribution in [3.63, 3.8) is 0 Å². The largest absolute Gasteiger partial charge is 0.394 e. The van der Waals surface area contributed by atoms with Gasteiger partial charge in [-0.15, -0.1) is 0 Å². The van der Waals surface area contributed by atoms with Gasteiger partial charge in [-0.3, -0.25) is 4.79 Å². The number of aliphatic hydroxyl groups is 1. The predicted molar refractivity (Wildman–Crippen MR) is 69.2 cm³/mol. The van der Waals surface area contributed by atoms with E-state index in [1.54, 1.807) is 12.1 Å². The number of amides is 1. The second-order valence-electron chi connectivity index (χ2n) is 3.93. The van der Waals surface area contributed by atoms with E-state index in [0.717, 1.165) is 25.1 Å². The van der Waals surface area contributed by atoms with Crippen molar-refractivity contribution >= 4 is 5.91 Å². The van der Waals surface area contributed by atoms with Gasteiger partial charge >= 0.3 is 0 Å². The summed E-state index contributed by atoms with van der Waals surface area (Å²) in [6.45, 7) is 2.71. The van der Waals surface area contributed by atoms with Crippen LogP contribution in [0.3, 0.4) is 0 Å². The van der Waals surface area contributed by atoms with E-state index >= 15 is 0 Å². The van der Waals surface area contributed by atoms with E-state index in [-0.39, 0.29) is 6.61 Å². The molecule has 0 spiro atoms. The smallest absolute Gasteiger partial charge is 0.248 e. The lowest BCUT2D eigenvalue weighted by molar-refractivity contribution is 0.0907. The number of hydrogen-bond donors (Lipinski definition) is 3. The molecule has 5 nitrogen and oxygen atoms in total. The van der Waals surface area contributed by atoms with Gasteiger partial charge in [-0.2, -0.15) is 0 Å². The number of rotatable bonds is 9. The summed E-state index contributed by atoms with van der Waals surface area (Å²) >= 11 is 0. The fourth-order valence-electron chi connectivity index (χ4n) is 1.49. The van der Waals surface area contributed by atoms with Crippen LogP contribution in [0.4, 0.5) is 0 Å². The van der Waals surface area contributed by atoms with E-state index in [2.05, 4.69) is 5.32 Å². The van der Waals surface area contributed by atoms with Crippen LogP contribution in [0.2, 0.25) is 0 Å². The molecule has 0 atom stereocenters. The summed E-state index contributed by atoms with van der Waals surface area (Å²) in [6, 6.07) is 7.22. The first kappa shape index (κ1) is 14.6. The van der Waals surface area contributed by atoms with Crippen molar-refractivity contribution in [2.75, 3.05) is 26.4 Å². The zero-order valence-electron chi connectivity index (χ0n) is 10.4. The van der Waals surface area contributed by atoms with Crippen LogP contribution in [-0.2, 0) is 11.3 Å². The fourth-order valence-corrected chi connectivity index (χ4v) is 1.49. The molecular formula is C13H20N2O3. The molecule has 0 radical (unpaired) electrons. The molecule has 0 unspecified atom stereocenters. The van der Waals surface area contributed by atoms with Gasteiger partial charge in [0.25, 0.3) is 0 Å². The van der Waals surface area contributed by atoms with Crippen LogP contribution >= 0.6 is 0 Å². The highest BCUT2D eigenvalue weighted by Crippen LogP contribution is 2.03. The van der Waals surface area contributed by atoms with Crippen molar-refractivity contribution in [2.45, 2.75) is 13.0 Å². The molecule has 0 aromatic heterocycles. The summed E-state index contributed by atoms with van der Waals surface area (Å²) < 4.78 is 5.14. The normalized spacial score (nSPS) is 10.5. The molecule has 0 heterocycles. The predicted octanol–water partition coefficient (Wildman–Crippen LogP) is 0.274. The summed E-state index contributed by atoms with van der Waals surface area (Å²) in [5, 5.41) is 11.8. The number of aliphatic hydroxyl groups excluding tert-OH is 1. The number of carbonyl (C=O) groups is 1. The number of benzene rings is 1. The molecule has 1 amide bonds. The molecule has 0 bridgehead atoms. The Hall–Kier alpha value is -1.43. The van der Waals surface area contributed by atoms with Gasteiger partial charge in [0.2, 0.25) is 5.91 Å². The molecule has 0 saturated carbocycles. The average molecular weight is 252 g/mol. The summed E-state index contributed by atoms with van der Waals surface area (Å²) in [7, 11) is 0. The number of ether oxygens (including phenoxy) is 1. The Kier molecular flexibility index (Phi) is 7.01. The third kappa shape index (κ3) is 5.77. The average Bonchev–Trinajstić information content (AvgIpc) is 2.38. The molecule has 1 aromatic rings. The van der Waals surface area contributed by atoms with E-state index in [1.807, 2.05) is 12.1 Å². The number of primary amides is 1. The van der Waals surface area contributed by atoms with E-state index in [1.165, 1.54) is 0 Å². The lowest BCUT2D eigenvalue weighted by atomic mass is 10.1. The highest BCUT2D eigenvalue weighted by Gasteiger charge is 1.99. The van der Waals surface area contributed by atoms with E-state index in [4.69, 9.17) is 15.6 Å². The summed E-state index contributed by atoms with van der Waals surface area (Å²) in [5.74, 6) is -0.407. The van der Waals surface area contributed by atoms with Gasteiger partial charge in [0, 0.05) is 18.7 Å². The first-order valence-corrected chi connectivity index (χ1v) is 6.02.